The Bertz CT molecular complexity index is 1210. The molecule has 1 aliphatic rings. The van der Waals surface area contributed by atoms with E-state index in [2.05, 4.69) is 15.1 Å². The lowest BCUT2D eigenvalue weighted by molar-refractivity contribution is 0.102. The van der Waals surface area contributed by atoms with Crippen molar-refractivity contribution in [3.8, 4) is 5.69 Å². The van der Waals surface area contributed by atoms with Crippen LogP contribution in [0.15, 0.2) is 45.1 Å². The van der Waals surface area contributed by atoms with E-state index in [9.17, 15) is 14.4 Å². The minimum atomic E-state index is -0.759. The Morgan fingerprint density at radius 1 is 1.27 bits per heavy atom. The molecule has 0 aliphatic heterocycles. The van der Waals surface area contributed by atoms with Crippen molar-refractivity contribution in [3.63, 3.8) is 0 Å². The largest absolute Gasteiger partial charge is 0.384 e. The molecule has 0 radical (unpaired) electrons. The summed E-state index contributed by atoms with van der Waals surface area (Å²) in [6.45, 7) is 4.04. The van der Waals surface area contributed by atoms with E-state index in [0.717, 1.165) is 36.1 Å². The van der Waals surface area contributed by atoms with Crippen LogP contribution in [0.4, 0.5) is 5.82 Å². The van der Waals surface area contributed by atoms with E-state index in [1.54, 1.807) is 4.68 Å². The number of hydrogen-bond acceptors (Lipinski definition) is 7. The first-order valence-corrected chi connectivity index (χ1v) is 10.7. The molecule has 1 aromatic carbocycles. The molecule has 0 unspecified atom stereocenters. The number of ketones is 1. The number of benzene rings is 1. The van der Waals surface area contributed by atoms with Crippen LogP contribution in [0.25, 0.3) is 5.69 Å². The summed E-state index contributed by atoms with van der Waals surface area (Å²) in [7, 11) is 0. The maximum Gasteiger partial charge on any atom is 0.330 e. The molecule has 0 spiro atoms. The summed E-state index contributed by atoms with van der Waals surface area (Å²) in [6, 6.07) is 9.57. The Hall–Kier alpha value is -3.14. The lowest BCUT2D eigenvalue weighted by Crippen LogP contribution is -2.36. The molecule has 2 aromatic heterocycles. The van der Waals surface area contributed by atoms with Gasteiger partial charge in [-0.25, -0.2) is 14.5 Å². The second-order valence-corrected chi connectivity index (χ2v) is 8.43. The third-order valence-electron chi connectivity index (χ3n) is 4.84. The van der Waals surface area contributed by atoms with Gasteiger partial charge in [-0.15, -0.1) is 5.10 Å². The molecular formula is C20H22N6O3S. The van der Waals surface area contributed by atoms with Gasteiger partial charge in [-0.2, -0.15) is 0 Å². The fraction of sp³-hybridized carbons (Fsp3) is 0.350. The summed E-state index contributed by atoms with van der Waals surface area (Å²) >= 11 is 1.13. The summed E-state index contributed by atoms with van der Waals surface area (Å²) in [5.74, 6) is 0.309. The van der Waals surface area contributed by atoms with E-state index in [4.69, 9.17) is 5.73 Å². The molecule has 1 fully saturated rings. The van der Waals surface area contributed by atoms with Crippen LogP contribution < -0.4 is 17.0 Å². The molecule has 0 amide bonds. The minimum absolute atomic E-state index is 0.0506. The monoisotopic (exact) mass is 426 g/mol. The molecule has 3 N–H and O–H groups in total. The van der Waals surface area contributed by atoms with Crippen molar-refractivity contribution in [3.05, 3.63) is 62.6 Å². The fourth-order valence-electron chi connectivity index (χ4n) is 3.23. The number of anilines is 1. The minimum Gasteiger partial charge on any atom is -0.384 e. The molecule has 2 heterocycles. The van der Waals surface area contributed by atoms with Crippen molar-refractivity contribution >= 4 is 23.4 Å². The molecule has 3 aromatic rings. The third kappa shape index (κ3) is 3.82. The molecule has 0 atom stereocenters. The van der Waals surface area contributed by atoms with E-state index >= 15 is 0 Å². The summed E-state index contributed by atoms with van der Waals surface area (Å²) in [5, 5.41) is 4.96. The van der Waals surface area contributed by atoms with Crippen LogP contribution in [-0.4, -0.2) is 35.9 Å². The Labute approximate surface area is 176 Å². The van der Waals surface area contributed by atoms with Crippen LogP contribution in [0, 0.1) is 0 Å². The molecule has 156 valence electrons. The number of hydrogen-bond donors (Lipinski definition) is 2. The van der Waals surface area contributed by atoms with Gasteiger partial charge < -0.3 is 5.73 Å². The number of rotatable bonds is 7. The SMILES string of the molecule is CC(C)c1nc(SCC(=O)c2c(N)n(C3CC3)c(=O)[nH]c2=O)nn1-c1ccccc1. The maximum absolute atomic E-state index is 12.8. The number of carbonyl (C=O) groups is 1. The normalized spacial score (nSPS) is 13.7. The van der Waals surface area contributed by atoms with Crippen molar-refractivity contribution in [1.82, 2.24) is 24.3 Å². The fourth-order valence-corrected chi connectivity index (χ4v) is 3.93. The van der Waals surface area contributed by atoms with Crippen LogP contribution in [0.1, 0.15) is 54.8 Å². The predicted octanol–water partition coefficient (Wildman–Crippen LogP) is 2.13. The standard InChI is InChI=1S/C20H22N6O3S/c1-11(2)17-22-19(24-26(17)13-6-4-3-5-7-13)30-10-14(27)15-16(21)25(12-8-9-12)20(29)23-18(15)28/h3-7,11-12H,8-10,21H2,1-2H3,(H,23,28,29). The second kappa shape index (κ2) is 7.94. The number of nitrogens with zero attached hydrogens (tertiary/aromatic N) is 4. The predicted molar refractivity (Wildman–Crippen MR) is 115 cm³/mol. The van der Waals surface area contributed by atoms with E-state index in [0.29, 0.717) is 5.16 Å². The van der Waals surface area contributed by atoms with Crippen molar-refractivity contribution < 1.29 is 4.79 Å². The molecule has 0 saturated heterocycles. The van der Waals surface area contributed by atoms with Crippen LogP contribution in [0.2, 0.25) is 0 Å². The van der Waals surface area contributed by atoms with E-state index in [1.807, 2.05) is 44.2 Å². The molecule has 1 aliphatic carbocycles. The second-order valence-electron chi connectivity index (χ2n) is 7.49. The van der Waals surface area contributed by atoms with Crippen molar-refractivity contribution in [2.75, 3.05) is 11.5 Å². The number of carbonyl (C=O) groups excluding carboxylic acids is 1. The highest BCUT2D eigenvalue weighted by atomic mass is 32.2. The summed E-state index contributed by atoms with van der Waals surface area (Å²) in [4.78, 5) is 43.8. The van der Waals surface area contributed by atoms with Gasteiger partial charge in [0.25, 0.3) is 5.56 Å². The highest BCUT2D eigenvalue weighted by molar-refractivity contribution is 7.99. The van der Waals surface area contributed by atoms with Crippen LogP contribution in [-0.2, 0) is 0 Å². The third-order valence-corrected chi connectivity index (χ3v) is 5.67. The van der Waals surface area contributed by atoms with E-state index in [1.165, 1.54) is 4.57 Å². The molecule has 1 saturated carbocycles. The van der Waals surface area contributed by atoms with Gasteiger partial charge in [0.1, 0.15) is 17.2 Å². The first-order valence-electron chi connectivity index (χ1n) is 9.69. The van der Waals surface area contributed by atoms with Crippen molar-refractivity contribution in [2.24, 2.45) is 0 Å². The van der Waals surface area contributed by atoms with Gasteiger partial charge in [0, 0.05) is 12.0 Å². The highest BCUT2D eigenvalue weighted by Gasteiger charge is 2.30. The summed E-state index contributed by atoms with van der Waals surface area (Å²) in [6.07, 6.45) is 1.61. The van der Waals surface area contributed by atoms with E-state index in [-0.39, 0.29) is 29.1 Å². The average molecular weight is 427 g/mol. The zero-order chi connectivity index (χ0) is 21.4. The number of aromatic amines is 1. The Morgan fingerprint density at radius 3 is 2.60 bits per heavy atom. The molecule has 10 heteroatoms. The number of H-pyrrole nitrogens is 1. The number of nitrogens with two attached hydrogens (primary N) is 1. The van der Waals surface area contributed by atoms with Gasteiger partial charge in [0.2, 0.25) is 5.16 Å². The first-order chi connectivity index (χ1) is 14.4. The van der Waals surface area contributed by atoms with Crippen molar-refractivity contribution in [1.29, 1.82) is 0 Å². The first kappa shape index (κ1) is 20.1. The molecule has 0 bridgehead atoms. The summed E-state index contributed by atoms with van der Waals surface area (Å²) in [5.41, 5.74) is 5.38. The van der Waals surface area contributed by atoms with Crippen molar-refractivity contribution in [2.45, 2.75) is 43.8 Å². The van der Waals surface area contributed by atoms with Gasteiger partial charge in [0.05, 0.1) is 11.4 Å². The highest BCUT2D eigenvalue weighted by Crippen LogP contribution is 2.35. The number of nitrogen functional groups attached to an aromatic ring is 1. The number of thioether (sulfide) groups is 1. The van der Waals surface area contributed by atoms with Crippen LogP contribution in [0.3, 0.4) is 0 Å². The molecule has 4 rings (SSSR count). The topological polar surface area (TPSA) is 129 Å². The van der Waals surface area contributed by atoms with Crippen LogP contribution >= 0.6 is 11.8 Å². The Balaban J connectivity index is 1.59. The zero-order valence-electron chi connectivity index (χ0n) is 16.7. The zero-order valence-corrected chi connectivity index (χ0v) is 17.5. The lowest BCUT2D eigenvalue weighted by Gasteiger charge is -2.10. The lowest BCUT2D eigenvalue weighted by atomic mass is 10.2. The molecular weight excluding hydrogens is 404 g/mol. The van der Waals surface area contributed by atoms with Crippen LogP contribution in [0.5, 0.6) is 0 Å². The Morgan fingerprint density at radius 2 is 1.97 bits per heavy atom. The van der Waals surface area contributed by atoms with Gasteiger partial charge in [-0.1, -0.05) is 43.8 Å². The number of aromatic nitrogens is 5. The Kier molecular flexibility index (Phi) is 5.33. The summed E-state index contributed by atoms with van der Waals surface area (Å²) < 4.78 is 3.06. The van der Waals surface area contributed by atoms with Gasteiger partial charge in [0.15, 0.2) is 5.78 Å². The van der Waals surface area contributed by atoms with Gasteiger partial charge in [-0.05, 0) is 25.0 Å². The van der Waals surface area contributed by atoms with E-state index < -0.39 is 17.0 Å². The number of nitrogens with one attached hydrogen (secondary N) is 1. The maximum atomic E-state index is 12.8. The quantitative estimate of drug-likeness (QED) is 0.437. The number of Topliss-reactive ketones (excluding diaryl/α,β-unsaturated/α-hetero) is 1. The number of para-hydroxylation sites is 1. The van der Waals surface area contributed by atoms with Gasteiger partial charge in [-0.3, -0.25) is 19.1 Å². The average Bonchev–Trinajstić information content (AvgIpc) is 3.43. The smallest absolute Gasteiger partial charge is 0.330 e. The van der Waals surface area contributed by atoms with Gasteiger partial charge >= 0.3 is 5.69 Å². The molecule has 30 heavy (non-hydrogen) atoms. The molecule has 9 nitrogen and oxygen atoms in total.